The SMILES string of the molecule is COc1cc(CN=C(N)N(C)C2CC2)ccc1OCCO. The molecule has 21 heavy (non-hydrogen) atoms. The number of nitrogens with two attached hydrogens (primary N) is 1. The lowest BCUT2D eigenvalue weighted by atomic mass is 10.2. The molecule has 1 saturated carbocycles. The first-order valence-corrected chi connectivity index (χ1v) is 7.09. The summed E-state index contributed by atoms with van der Waals surface area (Å²) >= 11 is 0. The van der Waals surface area contributed by atoms with E-state index in [1.54, 1.807) is 7.11 Å². The van der Waals surface area contributed by atoms with Gasteiger partial charge in [0.1, 0.15) is 6.61 Å². The molecule has 0 atom stereocenters. The molecule has 116 valence electrons. The van der Waals surface area contributed by atoms with Gasteiger partial charge in [-0.15, -0.1) is 0 Å². The second-order valence-corrected chi connectivity index (χ2v) is 5.07. The molecule has 2 rings (SSSR count). The summed E-state index contributed by atoms with van der Waals surface area (Å²) in [7, 11) is 3.56. The third-order valence-corrected chi connectivity index (χ3v) is 3.46. The van der Waals surface area contributed by atoms with E-state index in [1.807, 2.05) is 30.1 Å². The fraction of sp³-hybridized carbons (Fsp3) is 0.533. The standard InChI is InChI=1S/C15H23N3O3/c1-18(12-4-5-12)15(16)17-10-11-3-6-13(21-8-7-19)14(9-11)20-2/h3,6,9,12,19H,4-5,7-8,10H2,1-2H3,(H2,16,17). The van der Waals surface area contributed by atoms with Gasteiger partial charge in [0.2, 0.25) is 0 Å². The Kier molecular flexibility index (Phi) is 5.27. The predicted octanol–water partition coefficient (Wildman–Crippen LogP) is 0.975. The first-order valence-electron chi connectivity index (χ1n) is 7.09. The van der Waals surface area contributed by atoms with Gasteiger partial charge in [-0.3, -0.25) is 0 Å². The minimum absolute atomic E-state index is 0.0285. The molecule has 0 aliphatic heterocycles. The minimum Gasteiger partial charge on any atom is -0.493 e. The van der Waals surface area contributed by atoms with Crippen LogP contribution < -0.4 is 15.2 Å². The molecular weight excluding hydrogens is 270 g/mol. The van der Waals surface area contributed by atoms with Crippen LogP contribution in [0.25, 0.3) is 0 Å². The highest BCUT2D eigenvalue weighted by atomic mass is 16.5. The highest BCUT2D eigenvalue weighted by Gasteiger charge is 2.27. The Balaban J connectivity index is 2.01. The summed E-state index contributed by atoms with van der Waals surface area (Å²) in [4.78, 5) is 6.43. The maximum Gasteiger partial charge on any atom is 0.191 e. The van der Waals surface area contributed by atoms with Crippen LogP contribution in [0.1, 0.15) is 18.4 Å². The number of hydrogen-bond donors (Lipinski definition) is 2. The maximum absolute atomic E-state index is 8.79. The van der Waals surface area contributed by atoms with Crippen molar-refractivity contribution in [2.45, 2.75) is 25.4 Å². The van der Waals surface area contributed by atoms with Crippen molar-refractivity contribution in [3.63, 3.8) is 0 Å². The largest absolute Gasteiger partial charge is 0.493 e. The zero-order valence-electron chi connectivity index (χ0n) is 12.6. The van der Waals surface area contributed by atoms with Gasteiger partial charge >= 0.3 is 0 Å². The van der Waals surface area contributed by atoms with Gasteiger partial charge in [0.25, 0.3) is 0 Å². The van der Waals surface area contributed by atoms with E-state index in [2.05, 4.69) is 4.99 Å². The van der Waals surface area contributed by atoms with Gasteiger partial charge in [-0.2, -0.15) is 0 Å². The Morgan fingerprint density at radius 2 is 2.19 bits per heavy atom. The van der Waals surface area contributed by atoms with Gasteiger partial charge in [0, 0.05) is 13.1 Å². The number of nitrogens with zero attached hydrogens (tertiary/aromatic N) is 2. The second-order valence-electron chi connectivity index (χ2n) is 5.07. The maximum atomic E-state index is 8.79. The first kappa shape index (κ1) is 15.4. The average Bonchev–Trinajstić information content (AvgIpc) is 3.34. The number of rotatable bonds is 7. The van der Waals surface area contributed by atoms with Gasteiger partial charge in [-0.25, -0.2) is 4.99 Å². The van der Waals surface area contributed by atoms with E-state index in [4.69, 9.17) is 20.3 Å². The van der Waals surface area contributed by atoms with E-state index in [0.29, 0.717) is 30.0 Å². The Bertz CT molecular complexity index is 501. The first-order chi connectivity index (χ1) is 10.2. The normalized spacial score (nSPS) is 14.9. The van der Waals surface area contributed by atoms with E-state index in [0.717, 1.165) is 5.56 Å². The fourth-order valence-corrected chi connectivity index (χ4v) is 2.02. The zero-order valence-corrected chi connectivity index (χ0v) is 12.6. The molecule has 0 bridgehead atoms. The predicted molar refractivity (Wildman–Crippen MR) is 81.7 cm³/mol. The monoisotopic (exact) mass is 293 g/mol. The van der Waals surface area contributed by atoms with Crippen LogP contribution in [0.4, 0.5) is 0 Å². The molecular formula is C15H23N3O3. The molecule has 1 aromatic carbocycles. The molecule has 3 N–H and O–H groups in total. The summed E-state index contributed by atoms with van der Waals surface area (Å²) in [6, 6.07) is 6.17. The van der Waals surface area contributed by atoms with Gasteiger partial charge < -0.3 is 25.2 Å². The summed E-state index contributed by atoms with van der Waals surface area (Å²) in [6.45, 7) is 0.714. The number of aliphatic hydroxyl groups excluding tert-OH is 1. The highest BCUT2D eigenvalue weighted by Crippen LogP contribution is 2.28. The molecule has 0 radical (unpaired) electrons. The second kappa shape index (κ2) is 7.17. The van der Waals surface area contributed by atoms with Crippen LogP contribution in [-0.2, 0) is 6.54 Å². The van der Waals surface area contributed by atoms with Crippen molar-refractivity contribution in [1.29, 1.82) is 0 Å². The molecule has 1 aliphatic carbocycles. The summed E-state index contributed by atoms with van der Waals surface area (Å²) in [6.07, 6.45) is 2.38. The Hall–Kier alpha value is -1.95. The lowest BCUT2D eigenvalue weighted by Crippen LogP contribution is -2.35. The topological polar surface area (TPSA) is 80.3 Å². The van der Waals surface area contributed by atoms with Crippen molar-refractivity contribution in [3.8, 4) is 11.5 Å². The average molecular weight is 293 g/mol. The van der Waals surface area contributed by atoms with Crippen molar-refractivity contribution in [1.82, 2.24) is 4.90 Å². The van der Waals surface area contributed by atoms with Crippen molar-refractivity contribution in [3.05, 3.63) is 23.8 Å². The third-order valence-electron chi connectivity index (χ3n) is 3.46. The summed E-state index contributed by atoms with van der Waals surface area (Å²) in [5.74, 6) is 1.81. The number of aliphatic imine (C=N–C) groups is 1. The van der Waals surface area contributed by atoms with E-state index in [1.165, 1.54) is 12.8 Å². The van der Waals surface area contributed by atoms with Crippen LogP contribution in [0.15, 0.2) is 23.2 Å². The lowest BCUT2D eigenvalue weighted by Gasteiger charge is -2.17. The molecule has 0 heterocycles. The Morgan fingerprint density at radius 1 is 1.43 bits per heavy atom. The molecule has 0 saturated heterocycles. The van der Waals surface area contributed by atoms with Gasteiger partial charge in [-0.1, -0.05) is 6.07 Å². The molecule has 0 unspecified atom stereocenters. The smallest absolute Gasteiger partial charge is 0.191 e. The quantitative estimate of drug-likeness (QED) is 0.578. The number of guanidine groups is 1. The molecule has 1 aromatic rings. The van der Waals surface area contributed by atoms with E-state index >= 15 is 0 Å². The Labute approximate surface area is 125 Å². The highest BCUT2D eigenvalue weighted by molar-refractivity contribution is 5.78. The van der Waals surface area contributed by atoms with Crippen LogP contribution >= 0.6 is 0 Å². The van der Waals surface area contributed by atoms with Crippen molar-refractivity contribution in [2.24, 2.45) is 10.7 Å². The Morgan fingerprint density at radius 3 is 2.81 bits per heavy atom. The van der Waals surface area contributed by atoms with Crippen LogP contribution in [0, 0.1) is 0 Å². The number of aliphatic hydroxyl groups is 1. The summed E-state index contributed by atoms with van der Waals surface area (Å²) in [5, 5.41) is 8.79. The molecule has 0 amide bonds. The van der Waals surface area contributed by atoms with E-state index in [9.17, 15) is 0 Å². The third kappa shape index (κ3) is 4.26. The summed E-state index contributed by atoms with van der Waals surface area (Å²) < 4.78 is 10.7. The van der Waals surface area contributed by atoms with Crippen molar-refractivity contribution >= 4 is 5.96 Å². The van der Waals surface area contributed by atoms with E-state index < -0.39 is 0 Å². The van der Waals surface area contributed by atoms with Crippen LogP contribution in [0.5, 0.6) is 11.5 Å². The van der Waals surface area contributed by atoms with Gasteiger partial charge in [-0.05, 0) is 30.5 Å². The number of hydrogen-bond acceptors (Lipinski definition) is 4. The summed E-state index contributed by atoms with van der Waals surface area (Å²) in [5.41, 5.74) is 6.96. The van der Waals surface area contributed by atoms with Crippen LogP contribution in [0.2, 0.25) is 0 Å². The van der Waals surface area contributed by atoms with Crippen LogP contribution in [0.3, 0.4) is 0 Å². The molecule has 6 heteroatoms. The minimum atomic E-state index is -0.0285. The van der Waals surface area contributed by atoms with Gasteiger partial charge in [0.15, 0.2) is 17.5 Å². The van der Waals surface area contributed by atoms with Crippen molar-refractivity contribution in [2.75, 3.05) is 27.4 Å². The molecule has 1 fully saturated rings. The fourth-order valence-electron chi connectivity index (χ4n) is 2.02. The van der Waals surface area contributed by atoms with Crippen LogP contribution in [-0.4, -0.2) is 49.4 Å². The molecule has 6 nitrogen and oxygen atoms in total. The molecule has 0 spiro atoms. The molecule has 0 aromatic heterocycles. The van der Waals surface area contributed by atoms with Crippen molar-refractivity contribution < 1.29 is 14.6 Å². The zero-order chi connectivity index (χ0) is 15.2. The number of ether oxygens (including phenoxy) is 2. The number of benzene rings is 1. The van der Waals surface area contributed by atoms with E-state index in [-0.39, 0.29) is 13.2 Å². The lowest BCUT2D eigenvalue weighted by molar-refractivity contribution is 0.196. The van der Waals surface area contributed by atoms with Gasteiger partial charge in [0.05, 0.1) is 20.3 Å². The number of methoxy groups -OCH3 is 1. The molecule has 1 aliphatic rings.